The van der Waals surface area contributed by atoms with Gasteiger partial charge in [0.15, 0.2) is 0 Å². The number of hydrogen-bond donors (Lipinski definition) is 0. The second-order valence-corrected chi connectivity index (χ2v) is 4.14. The van der Waals surface area contributed by atoms with Crippen LogP contribution in [-0.4, -0.2) is 0 Å². The normalized spacial score (nSPS) is 10.9. The first-order valence-corrected chi connectivity index (χ1v) is 5.34. The first kappa shape index (κ1) is 8.69. The zero-order valence-corrected chi connectivity index (χ0v) is 8.92. The fourth-order valence-corrected chi connectivity index (χ4v) is 2.17. The minimum atomic E-state index is 0.902. The predicted molar refractivity (Wildman–Crippen MR) is 67.3 cm³/mol. The smallest absolute Gasteiger partial charge is 0.0383 e. The summed E-state index contributed by atoms with van der Waals surface area (Å²) >= 11 is 5.20. The second kappa shape index (κ2) is 3.21. The maximum absolute atomic E-state index is 5.20. The van der Waals surface area contributed by atoms with Crippen LogP contribution in [0.1, 0.15) is 0 Å². The van der Waals surface area contributed by atoms with Crippen LogP contribution < -0.4 is 0 Å². The Morgan fingerprint density at radius 3 is 2.20 bits per heavy atom. The lowest BCUT2D eigenvalue weighted by Crippen LogP contribution is -1.77. The summed E-state index contributed by atoms with van der Waals surface area (Å²) in [6, 6.07) is 18.8. The van der Waals surface area contributed by atoms with Gasteiger partial charge in [-0.25, -0.2) is 0 Å². The van der Waals surface area contributed by atoms with E-state index >= 15 is 0 Å². The lowest BCUT2D eigenvalue weighted by atomic mass is 10.0. The summed E-state index contributed by atoms with van der Waals surface area (Å²) in [5.41, 5.74) is 0. The van der Waals surface area contributed by atoms with Crippen molar-refractivity contribution in [2.45, 2.75) is 4.90 Å². The van der Waals surface area contributed by atoms with E-state index in [4.69, 9.17) is 12.6 Å². The Morgan fingerprint density at radius 2 is 1.33 bits per heavy atom. The van der Waals surface area contributed by atoms with Crippen LogP contribution in [0.2, 0.25) is 0 Å². The zero-order valence-electron chi connectivity index (χ0n) is 8.10. The molecule has 15 heavy (non-hydrogen) atoms. The van der Waals surface area contributed by atoms with Gasteiger partial charge in [0.25, 0.3) is 0 Å². The summed E-state index contributed by atoms with van der Waals surface area (Å²) in [7, 11) is 0. The predicted octanol–water partition coefficient (Wildman–Crippen LogP) is 4.55. The van der Waals surface area contributed by atoms with Gasteiger partial charge < -0.3 is 0 Å². The van der Waals surface area contributed by atoms with Gasteiger partial charge in [0, 0.05) is 4.90 Å². The molecule has 1 heteroatoms. The van der Waals surface area contributed by atoms with E-state index in [1.165, 1.54) is 21.5 Å². The molecule has 0 spiro atoms. The molecule has 3 aromatic rings. The van der Waals surface area contributed by atoms with Gasteiger partial charge in [0.05, 0.1) is 0 Å². The lowest BCUT2D eigenvalue weighted by molar-refractivity contribution is 1.53. The third-order valence-corrected chi connectivity index (χ3v) is 2.97. The van der Waals surface area contributed by atoms with Crippen molar-refractivity contribution in [2.75, 3.05) is 0 Å². The number of hydrogen-bond acceptors (Lipinski definition) is 0. The van der Waals surface area contributed by atoms with Gasteiger partial charge in [-0.3, -0.25) is 0 Å². The molecule has 0 saturated heterocycles. The van der Waals surface area contributed by atoms with Crippen molar-refractivity contribution in [3.8, 4) is 0 Å². The summed E-state index contributed by atoms with van der Waals surface area (Å²) in [5, 5.41) is 5.05. The average molecular weight is 209 g/mol. The highest BCUT2D eigenvalue weighted by molar-refractivity contribution is 7.80. The average Bonchev–Trinajstić information content (AvgIpc) is 2.29. The van der Waals surface area contributed by atoms with Crippen LogP contribution in [0.15, 0.2) is 59.5 Å². The highest BCUT2D eigenvalue weighted by Gasteiger charge is 1.99. The quantitative estimate of drug-likeness (QED) is 0.476. The van der Waals surface area contributed by atoms with Crippen molar-refractivity contribution < 1.29 is 0 Å². The molecule has 71 valence electrons. The van der Waals surface area contributed by atoms with E-state index in [0.717, 1.165) is 4.90 Å². The van der Waals surface area contributed by atoms with Crippen molar-refractivity contribution in [3.05, 3.63) is 54.6 Å². The van der Waals surface area contributed by atoms with Gasteiger partial charge in [0.1, 0.15) is 0 Å². The van der Waals surface area contributed by atoms with Gasteiger partial charge in [-0.15, -0.1) is 0 Å². The third-order valence-electron chi connectivity index (χ3n) is 2.72. The Bertz CT molecular complexity index is 641. The van der Waals surface area contributed by atoms with Gasteiger partial charge in [-0.2, -0.15) is 0 Å². The van der Waals surface area contributed by atoms with Gasteiger partial charge >= 0.3 is 0 Å². The molecule has 0 heterocycles. The summed E-state index contributed by atoms with van der Waals surface area (Å²) in [4.78, 5) is 0.902. The fraction of sp³-hybridized carbons (Fsp3) is 0. The monoisotopic (exact) mass is 209 g/mol. The van der Waals surface area contributed by atoms with Crippen LogP contribution in [0.4, 0.5) is 0 Å². The number of rotatable bonds is 0. The Hall–Kier alpha value is -1.60. The van der Waals surface area contributed by atoms with E-state index in [2.05, 4.69) is 48.5 Å². The van der Waals surface area contributed by atoms with E-state index in [1.54, 1.807) is 0 Å². The topological polar surface area (TPSA) is 0 Å². The summed E-state index contributed by atoms with van der Waals surface area (Å²) in [6.45, 7) is 0. The van der Waals surface area contributed by atoms with E-state index in [0.29, 0.717) is 0 Å². The Morgan fingerprint density at radius 1 is 0.667 bits per heavy atom. The maximum Gasteiger partial charge on any atom is 0.0383 e. The molecule has 3 rings (SSSR count). The Kier molecular flexibility index (Phi) is 1.86. The van der Waals surface area contributed by atoms with Crippen LogP contribution in [0.3, 0.4) is 0 Å². The fourth-order valence-electron chi connectivity index (χ4n) is 1.98. The number of benzene rings is 3. The van der Waals surface area contributed by atoms with Crippen LogP contribution in [0.5, 0.6) is 0 Å². The zero-order chi connectivity index (χ0) is 10.3. The highest BCUT2D eigenvalue weighted by Crippen LogP contribution is 2.26. The first-order chi connectivity index (χ1) is 7.34. The van der Waals surface area contributed by atoms with E-state index in [1.807, 2.05) is 6.07 Å². The van der Waals surface area contributed by atoms with Crippen LogP contribution in [-0.2, 0) is 0 Å². The molecule has 3 aromatic carbocycles. The molecular weight excluding hydrogens is 200 g/mol. The molecule has 0 bridgehead atoms. The summed E-state index contributed by atoms with van der Waals surface area (Å²) < 4.78 is 0. The molecule has 0 nitrogen and oxygen atoms in total. The lowest BCUT2D eigenvalue weighted by Gasteiger charge is -2.03. The molecule has 1 radical (unpaired) electrons. The van der Waals surface area contributed by atoms with Crippen molar-refractivity contribution in [1.29, 1.82) is 0 Å². The molecule has 0 amide bonds. The highest BCUT2D eigenvalue weighted by atomic mass is 32.1. The molecule has 0 N–H and O–H groups in total. The summed E-state index contributed by atoms with van der Waals surface area (Å²) in [6.07, 6.45) is 0. The number of fused-ring (bicyclic) bond motifs is 3. The van der Waals surface area contributed by atoms with E-state index in [9.17, 15) is 0 Å². The molecule has 0 saturated carbocycles. The van der Waals surface area contributed by atoms with Crippen molar-refractivity contribution in [1.82, 2.24) is 0 Å². The molecule has 0 unspecified atom stereocenters. The summed E-state index contributed by atoms with van der Waals surface area (Å²) in [5.74, 6) is 0. The minimum absolute atomic E-state index is 0.902. The van der Waals surface area contributed by atoms with Gasteiger partial charge in [-0.1, -0.05) is 55.1 Å². The second-order valence-electron chi connectivity index (χ2n) is 3.67. The van der Waals surface area contributed by atoms with Crippen LogP contribution in [0.25, 0.3) is 21.5 Å². The third kappa shape index (κ3) is 1.36. The van der Waals surface area contributed by atoms with Gasteiger partial charge in [0.2, 0.25) is 0 Å². The largest absolute Gasteiger partial charge is 0.0801 e. The molecule has 0 fully saturated rings. The van der Waals surface area contributed by atoms with Crippen LogP contribution >= 0.6 is 12.6 Å². The molecule has 0 aliphatic rings. The van der Waals surface area contributed by atoms with Crippen molar-refractivity contribution >= 4 is 34.2 Å². The van der Waals surface area contributed by atoms with Crippen LogP contribution in [0, 0.1) is 0 Å². The van der Waals surface area contributed by atoms with Gasteiger partial charge in [-0.05, 0) is 33.7 Å². The van der Waals surface area contributed by atoms with Crippen molar-refractivity contribution in [3.63, 3.8) is 0 Å². The minimum Gasteiger partial charge on any atom is -0.0801 e. The maximum atomic E-state index is 5.20. The standard InChI is InChI=1S/C14H9S/c15-12-8-7-11-6-5-10-3-1-2-4-13(10)14(11)9-12/h1-9H. The Labute approximate surface area is 93.9 Å². The molecule has 0 aromatic heterocycles. The first-order valence-electron chi connectivity index (χ1n) is 4.93. The van der Waals surface area contributed by atoms with E-state index < -0.39 is 0 Å². The molecule has 0 atom stereocenters. The molecule has 0 aliphatic carbocycles. The van der Waals surface area contributed by atoms with E-state index in [-0.39, 0.29) is 0 Å². The molecule has 0 aliphatic heterocycles. The SMILES string of the molecule is [S]c1ccc2ccc3ccccc3c2c1. The van der Waals surface area contributed by atoms with Crippen molar-refractivity contribution in [2.24, 2.45) is 0 Å². The Balaban J connectivity index is 2.57. The molecular formula is C14H9S.